The van der Waals surface area contributed by atoms with Gasteiger partial charge in [0.15, 0.2) is 0 Å². The number of carbonyl (C=O) groups excluding carboxylic acids is 1. The number of nitrogens with one attached hydrogen (secondary N) is 1. The van der Waals surface area contributed by atoms with Gasteiger partial charge in [-0.25, -0.2) is 12.8 Å². The van der Waals surface area contributed by atoms with E-state index >= 15 is 0 Å². The van der Waals surface area contributed by atoms with Crippen LogP contribution in [-0.4, -0.2) is 36.1 Å². The van der Waals surface area contributed by atoms with Crippen molar-refractivity contribution in [1.29, 1.82) is 0 Å². The lowest BCUT2D eigenvalue weighted by Gasteiger charge is -2.02. The molecule has 0 aliphatic heterocycles. The Hall–Kier alpha value is -3.14. The van der Waals surface area contributed by atoms with E-state index in [0.29, 0.717) is 0 Å². The largest absolute Gasteiger partial charge is 0.412 e. The molecule has 0 aliphatic carbocycles. The highest BCUT2D eigenvalue weighted by Crippen LogP contribution is 2.17. The van der Waals surface area contributed by atoms with Crippen molar-refractivity contribution >= 4 is 15.7 Å². The summed E-state index contributed by atoms with van der Waals surface area (Å²) in [5.41, 5.74) is 0.274. The minimum Gasteiger partial charge on any atom is -0.412 e. The minimum atomic E-state index is -3.98. The molecule has 1 aromatic carbocycles. The molecule has 27 heavy (non-hydrogen) atoms. The monoisotopic (exact) mass is 390 g/mol. The number of hydrogen-bond acceptors (Lipinski definition) is 7. The summed E-state index contributed by atoms with van der Waals surface area (Å²) < 4.78 is 43.4. The van der Waals surface area contributed by atoms with Crippen LogP contribution in [0, 0.1) is 5.82 Å². The molecule has 2 aromatic heterocycles. The van der Waals surface area contributed by atoms with Crippen molar-refractivity contribution in [3.63, 3.8) is 0 Å². The Labute approximate surface area is 154 Å². The van der Waals surface area contributed by atoms with Gasteiger partial charge < -0.3 is 9.73 Å². The summed E-state index contributed by atoms with van der Waals surface area (Å²) in [4.78, 5) is 15.8. The van der Waals surface area contributed by atoms with Crippen LogP contribution >= 0.6 is 0 Å². The first kappa shape index (κ1) is 18.6. The fourth-order valence-electron chi connectivity index (χ4n) is 2.22. The third kappa shape index (κ3) is 4.73. The molecule has 3 rings (SSSR count). The highest BCUT2D eigenvalue weighted by atomic mass is 32.2. The van der Waals surface area contributed by atoms with Gasteiger partial charge in [0.1, 0.15) is 11.5 Å². The molecule has 2 heterocycles. The topological polar surface area (TPSA) is 115 Å². The zero-order valence-corrected chi connectivity index (χ0v) is 14.8. The molecule has 3 aromatic rings. The molecule has 0 unspecified atom stereocenters. The van der Waals surface area contributed by atoms with Crippen molar-refractivity contribution in [2.75, 3.05) is 6.54 Å². The molecular formula is C17H15FN4O4S. The van der Waals surface area contributed by atoms with Crippen LogP contribution in [0.15, 0.2) is 58.3 Å². The Bertz CT molecular complexity index is 1040. The molecule has 10 heteroatoms. The van der Waals surface area contributed by atoms with E-state index in [4.69, 9.17) is 4.42 Å². The Balaban J connectivity index is 1.59. The maximum atomic E-state index is 13.6. The molecule has 0 fully saturated rings. The first-order chi connectivity index (χ1) is 13.0. The molecule has 0 saturated carbocycles. The normalized spacial score (nSPS) is 11.3. The van der Waals surface area contributed by atoms with Crippen LogP contribution in [0.1, 0.15) is 21.9 Å². The van der Waals surface area contributed by atoms with Crippen LogP contribution in [0.3, 0.4) is 0 Å². The van der Waals surface area contributed by atoms with Gasteiger partial charge in [-0.1, -0.05) is 29.4 Å². The molecule has 140 valence electrons. The van der Waals surface area contributed by atoms with Gasteiger partial charge in [-0.05, 0) is 18.2 Å². The summed E-state index contributed by atoms with van der Waals surface area (Å²) >= 11 is 0. The fourth-order valence-corrected chi connectivity index (χ4v) is 3.37. The van der Waals surface area contributed by atoms with Crippen LogP contribution in [-0.2, 0) is 22.0 Å². The third-order valence-corrected chi connectivity index (χ3v) is 4.93. The second-order valence-electron chi connectivity index (χ2n) is 5.53. The van der Waals surface area contributed by atoms with Gasteiger partial charge in [0, 0.05) is 24.7 Å². The average molecular weight is 390 g/mol. The van der Waals surface area contributed by atoms with Crippen molar-refractivity contribution in [3.05, 3.63) is 71.6 Å². The average Bonchev–Trinajstić information content (AvgIpc) is 3.14. The first-order valence-corrected chi connectivity index (χ1v) is 9.59. The SMILES string of the molecule is O=C(NCCc1nnc(S(=O)(=O)Cc2ccccc2F)o1)c1ccccn1. The second kappa shape index (κ2) is 8.04. The number of rotatable bonds is 7. The van der Waals surface area contributed by atoms with Crippen LogP contribution in [0.5, 0.6) is 0 Å². The second-order valence-corrected chi connectivity index (χ2v) is 7.40. The summed E-state index contributed by atoms with van der Waals surface area (Å²) in [6.45, 7) is 0.157. The van der Waals surface area contributed by atoms with Crippen LogP contribution in [0.4, 0.5) is 4.39 Å². The number of amides is 1. The number of benzene rings is 1. The number of pyridine rings is 1. The molecule has 0 spiro atoms. The molecule has 0 saturated heterocycles. The maximum absolute atomic E-state index is 13.6. The maximum Gasteiger partial charge on any atom is 0.335 e. The van der Waals surface area contributed by atoms with Gasteiger partial charge in [-0.15, -0.1) is 5.10 Å². The van der Waals surface area contributed by atoms with Gasteiger partial charge in [0.05, 0.1) is 5.75 Å². The summed E-state index contributed by atoms with van der Waals surface area (Å²) in [7, 11) is -3.98. The number of carbonyl (C=O) groups is 1. The van der Waals surface area contributed by atoms with Gasteiger partial charge in [-0.2, -0.15) is 0 Å². The smallest absolute Gasteiger partial charge is 0.335 e. The quantitative estimate of drug-likeness (QED) is 0.651. The van der Waals surface area contributed by atoms with Crippen molar-refractivity contribution in [1.82, 2.24) is 20.5 Å². The minimum absolute atomic E-state index is 0.0138. The van der Waals surface area contributed by atoms with Gasteiger partial charge in [-0.3, -0.25) is 9.78 Å². The van der Waals surface area contributed by atoms with E-state index in [1.807, 2.05) is 0 Å². The summed E-state index contributed by atoms with van der Waals surface area (Å²) in [5, 5.41) is 9.21. The van der Waals surface area contributed by atoms with Crippen molar-refractivity contribution in [2.45, 2.75) is 17.4 Å². The number of halogens is 1. The molecule has 0 radical (unpaired) electrons. The van der Waals surface area contributed by atoms with E-state index in [-0.39, 0.29) is 36.0 Å². The van der Waals surface area contributed by atoms with E-state index in [9.17, 15) is 17.6 Å². The summed E-state index contributed by atoms with van der Waals surface area (Å²) in [6.07, 6.45) is 1.64. The van der Waals surface area contributed by atoms with E-state index in [0.717, 1.165) is 0 Å². The Morgan fingerprint density at radius 3 is 2.63 bits per heavy atom. The van der Waals surface area contributed by atoms with Crippen LogP contribution in [0.25, 0.3) is 0 Å². The Morgan fingerprint density at radius 2 is 1.89 bits per heavy atom. The van der Waals surface area contributed by atoms with Gasteiger partial charge >= 0.3 is 5.22 Å². The molecule has 0 bridgehead atoms. The van der Waals surface area contributed by atoms with Crippen molar-refractivity contribution < 1.29 is 22.0 Å². The third-order valence-electron chi connectivity index (χ3n) is 3.54. The zero-order valence-electron chi connectivity index (χ0n) is 14.0. The predicted molar refractivity (Wildman–Crippen MR) is 91.9 cm³/mol. The summed E-state index contributed by atoms with van der Waals surface area (Å²) in [6, 6.07) is 10.5. The lowest BCUT2D eigenvalue weighted by Crippen LogP contribution is -2.26. The van der Waals surface area contributed by atoms with E-state index in [1.165, 1.54) is 30.5 Å². The lowest BCUT2D eigenvalue weighted by molar-refractivity contribution is 0.0948. The van der Waals surface area contributed by atoms with Gasteiger partial charge in [0.25, 0.3) is 5.91 Å². The number of nitrogens with zero attached hydrogens (tertiary/aromatic N) is 3. The van der Waals surface area contributed by atoms with Crippen LogP contribution in [0.2, 0.25) is 0 Å². The molecule has 0 aliphatic rings. The Morgan fingerprint density at radius 1 is 1.11 bits per heavy atom. The van der Waals surface area contributed by atoms with E-state index < -0.39 is 26.6 Å². The number of sulfone groups is 1. The molecule has 0 atom stereocenters. The highest BCUT2D eigenvalue weighted by Gasteiger charge is 2.24. The highest BCUT2D eigenvalue weighted by molar-refractivity contribution is 7.90. The standard InChI is InChI=1S/C17H15FN4O4S/c18-13-6-2-1-5-12(13)11-27(24,25)17-22-21-15(26-17)8-10-20-16(23)14-7-3-4-9-19-14/h1-7,9H,8,10-11H2,(H,20,23). The van der Waals surface area contributed by atoms with E-state index in [1.54, 1.807) is 18.2 Å². The van der Waals surface area contributed by atoms with Gasteiger partial charge in [0.2, 0.25) is 15.7 Å². The number of hydrogen-bond donors (Lipinski definition) is 1. The van der Waals surface area contributed by atoms with Crippen molar-refractivity contribution in [3.8, 4) is 0 Å². The molecular weight excluding hydrogens is 375 g/mol. The number of aromatic nitrogens is 3. The Kier molecular flexibility index (Phi) is 5.55. The van der Waals surface area contributed by atoms with Crippen molar-refractivity contribution in [2.24, 2.45) is 0 Å². The predicted octanol–water partition coefficient (Wildman–Crippen LogP) is 1.55. The fraction of sp³-hybridized carbons (Fsp3) is 0.176. The van der Waals surface area contributed by atoms with E-state index in [2.05, 4.69) is 20.5 Å². The lowest BCUT2D eigenvalue weighted by atomic mass is 10.2. The molecule has 1 amide bonds. The summed E-state index contributed by atoms with van der Waals surface area (Å²) in [5.74, 6) is -1.54. The van der Waals surface area contributed by atoms with Crippen LogP contribution < -0.4 is 5.32 Å². The molecule has 1 N–H and O–H groups in total. The zero-order chi connectivity index (χ0) is 19.3. The molecule has 8 nitrogen and oxygen atoms in total. The first-order valence-electron chi connectivity index (χ1n) is 7.93.